The third-order valence-electron chi connectivity index (χ3n) is 2.26. The second-order valence-electron chi connectivity index (χ2n) is 3.71. The smallest absolute Gasteiger partial charge is 0.175 e. The van der Waals surface area contributed by atoms with Crippen LogP contribution in [0.3, 0.4) is 0 Å². The summed E-state index contributed by atoms with van der Waals surface area (Å²) in [5.41, 5.74) is 1.49. The molecule has 0 heterocycles. The van der Waals surface area contributed by atoms with E-state index in [1.165, 1.54) is 0 Å². The Morgan fingerprint density at radius 2 is 1.63 bits per heavy atom. The Balaban J connectivity index is 2.05. The summed E-state index contributed by atoms with van der Waals surface area (Å²) in [6.07, 6.45) is 0. The summed E-state index contributed by atoms with van der Waals surface area (Å²) in [6.45, 7) is 0. The molecule has 2 nitrogen and oxygen atoms in total. The average molecular weight is 332 g/mol. The molecule has 0 aliphatic rings. The molecule has 0 amide bonds. The van der Waals surface area contributed by atoms with Gasteiger partial charge in [-0.05, 0) is 48.6 Å². The second kappa shape index (κ2) is 6.44. The number of rotatable bonds is 2. The van der Waals surface area contributed by atoms with Crippen LogP contribution >= 0.6 is 47.0 Å². The number of benzene rings is 2. The van der Waals surface area contributed by atoms with Gasteiger partial charge in [0.2, 0.25) is 0 Å². The standard InChI is InChI=1S/C13H9Cl3N2S/c14-8-2-1-3-10(6-8)17-13(19)18-12-5-4-9(15)7-11(12)16/h1-7H,(H2,17,18,19). The van der Waals surface area contributed by atoms with Crippen LogP contribution < -0.4 is 10.6 Å². The van der Waals surface area contributed by atoms with Crippen LogP contribution in [0.15, 0.2) is 42.5 Å². The summed E-state index contributed by atoms with van der Waals surface area (Å²) < 4.78 is 0. The highest BCUT2D eigenvalue weighted by Gasteiger charge is 2.04. The molecule has 0 unspecified atom stereocenters. The van der Waals surface area contributed by atoms with Gasteiger partial charge in [0.1, 0.15) is 0 Å². The van der Waals surface area contributed by atoms with Crippen LogP contribution in [0.5, 0.6) is 0 Å². The van der Waals surface area contributed by atoms with Gasteiger partial charge in [-0.1, -0.05) is 40.9 Å². The normalized spacial score (nSPS) is 10.1. The Hall–Kier alpha value is -1.000. The van der Waals surface area contributed by atoms with Gasteiger partial charge in [0.15, 0.2) is 5.11 Å². The Morgan fingerprint density at radius 1 is 0.895 bits per heavy atom. The van der Waals surface area contributed by atoms with Crippen molar-refractivity contribution >= 4 is 63.5 Å². The maximum Gasteiger partial charge on any atom is 0.175 e. The van der Waals surface area contributed by atoms with Crippen molar-refractivity contribution in [2.24, 2.45) is 0 Å². The van der Waals surface area contributed by atoms with Gasteiger partial charge < -0.3 is 10.6 Å². The average Bonchev–Trinajstić information content (AvgIpc) is 2.33. The summed E-state index contributed by atoms with van der Waals surface area (Å²) in [5, 5.41) is 8.14. The van der Waals surface area contributed by atoms with Gasteiger partial charge in [-0.2, -0.15) is 0 Å². The number of hydrogen-bond acceptors (Lipinski definition) is 1. The lowest BCUT2D eigenvalue weighted by Crippen LogP contribution is -2.19. The third-order valence-corrected chi connectivity index (χ3v) is 3.25. The number of nitrogens with one attached hydrogen (secondary N) is 2. The molecule has 6 heteroatoms. The van der Waals surface area contributed by atoms with Crippen molar-refractivity contribution in [3.8, 4) is 0 Å². The second-order valence-corrected chi connectivity index (χ2v) is 5.40. The minimum absolute atomic E-state index is 0.423. The van der Waals surface area contributed by atoms with Gasteiger partial charge in [-0.3, -0.25) is 0 Å². The van der Waals surface area contributed by atoms with Crippen molar-refractivity contribution in [3.63, 3.8) is 0 Å². The van der Waals surface area contributed by atoms with E-state index in [1.54, 1.807) is 30.3 Å². The zero-order valence-electron chi connectivity index (χ0n) is 9.58. The van der Waals surface area contributed by atoms with E-state index < -0.39 is 0 Å². The van der Waals surface area contributed by atoms with E-state index in [4.69, 9.17) is 47.0 Å². The van der Waals surface area contributed by atoms with Gasteiger partial charge >= 0.3 is 0 Å². The largest absolute Gasteiger partial charge is 0.332 e. The molecule has 2 aromatic rings. The molecule has 0 spiro atoms. The fraction of sp³-hybridized carbons (Fsp3) is 0. The Labute approximate surface area is 131 Å². The molecule has 2 rings (SSSR count). The molecule has 19 heavy (non-hydrogen) atoms. The number of thiocarbonyl (C=S) groups is 1. The monoisotopic (exact) mass is 330 g/mol. The van der Waals surface area contributed by atoms with Crippen LogP contribution in [0.25, 0.3) is 0 Å². The Morgan fingerprint density at radius 3 is 2.32 bits per heavy atom. The van der Waals surface area contributed by atoms with Crippen LogP contribution in [0.2, 0.25) is 15.1 Å². The van der Waals surface area contributed by atoms with Gasteiger partial charge in [0, 0.05) is 15.7 Å². The Kier molecular flexibility index (Phi) is 4.88. The number of hydrogen-bond donors (Lipinski definition) is 2. The first-order valence-corrected chi connectivity index (χ1v) is 6.87. The molecule has 0 aliphatic carbocycles. The zero-order valence-corrected chi connectivity index (χ0v) is 12.7. The van der Waals surface area contributed by atoms with E-state index in [9.17, 15) is 0 Å². The van der Waals surface area contributed by atoms with Crippen molar-refractivity contribution < 1.29 is 0 Å². The molecule has 2 N–H and O–H groups in total. The maximum absolute atomic E-state index is 6.05. The lowest BCUT2D eigenvalue weighted by atomic mass is 10.3. The van der Waals surface area contributed by atoms with Gasteiger partial charge in [-0.25, -0.2) is 0 Å². The van der Waals surface area contributed by atoms with Gasteiger partial charge in [0.25, 0.3) is 0 Å². The van der Waals surface area contributed by atoms with Crippen LogP contribution in [-0.2, 0) is 0 Å². The topological polar surface area (TPSA) is 24.1 Å². The van der Waals surface area contributed by atoms with E-state index in [-0.39, 0.29) is 0 Å². The first-order valence-electron chi connectivity index (χ1n) is 5.33. The lowest BCUT2D eigenvalue weighted by Gasteiger charge is -2.12. The Bertz CT molecular complexity index is 617. The zero-order chi connectivity index (χ0) is 13.8. The van der Waals surface area contributed by atoms with E-state index in [0.29, 0.717) is 25.9 Å². The van der Waals surface area contributed by atoms with Crippen molar-refractivity contribution in [2.75, 3.05) is 10.6 Å². The maximum atomic E-state index is 6.05. The van der Waals surface area contributed by atoms with Crippen molar-refractivity contribution in [2.45, 2.75) is 0 Å². The molecule has 98 valence electrons. The molecule has 0 saturated carbocycles. The van der Waals surface area contributed by atoms with Gasteiger partial charge in [0.05, 0.1) is 10.7 Å². The van der Waals surface area contributed by atoms with Gasteiger partial charge in [-0.15, -0.1) is 0 Å². The van der Waals surface area contributed by atoms with Crippen LogP contribution in [0.4, 0.5) is 11.4 Å². The molecule has 0 aromatic heterocycles. The van der Waals surface area contributed by atoms with Crippen LogP contribution in [-0.4, -0.2) is 5.11 Å². The summed E-state index contributed by atoms with van der Waals surface area (Å²) in [6, 6.07) is 12.4. The fourth-order valence-corrected chi connectivity index (χ4v) is 2.32. The predicted octanol–water partition coefficient (Wildman–Crippen LogP) is 5.46. The SMILES string of the molecule is S=C(Nc1cccc(Cl)c1)Nc1ccc(Cl)cc1Cl. The summed E-state index contributed by atoms with van der Waals surface area (Å²) >= 11 is 23.0. The van der Waals surface area contributed by atoms with Crippen molar-refractivity contribution in [1.29, 1.82) is 0 Å². The van der Waals surface area contributed by atoms with Crippen molar-refractivity contribution in [1.82, 2.24) is 0 Å². The van der Waals surface area contributed by atoms with Crippen LogP contribution in [0.1, 0.15) is 0 Å². The molecule has 0 saturated heterocycles. The van der Waals surface area contributed by atoms with Crippen molar-refractivity contribution in [3.05, 3.63) is 57.5 Å². The fourth-order valence-electron chi connectivity index (χ4n) is 1.44. The lowest BCUT2D eigenvalue weighted by molar-refractivity contribution is 1.59. The highest BCUT2D eigenvalue weighted by atomic mass is 35.5. The molecular weight excluding hydrogens is 323 g/mol. The van der Waals surface area contributed by atoms with Crippen LogP contribution in [0, 0.1) is 0 Å². The summed E-state index contributed by atoms with van der Waals surface area (Å²) in [7, 11) is 0. The molecule has 0 aliphatic heterocycles. The molecule has 2 aromatic carbocycles. The highest BCUT2D eigenvalue weighted by molar-refractivity contribution is 7.80. The predicted molar refractivity (Wildman–Crippen MR) is 87.8 cm³/mol. The minimum atomic E-state index is 0.423. The highest BCUT2D eigenvalue weighted by Crippen LogP contribution is 2.25. The van der Waals surface area contributed by atoms with E-state index in [1.807, 2.05) is 12.1 Å². The third kappa shape index (κ3) is 4.25. The first-order chi connectivity index (χ1) is 9.04. The summed E-state index contributed by atoms with van der Waals surface area (Å²) in [5.74, 6) is 0. The molecule has 0 atom stereocenters. The van der Waals surface area contributed by atoms with E-state index in [0.717, 1.165) is 5.69 Å². The molecule has 0 bridgehead atoms. The quantitative estimate of drug-likeness (QED) is 0.715. The molecule has 0 fully saturated rings. The number of anilines is 2. The van der Waals surface area contributed by atoms with E-state index >= 15 is 0 Å². The first kappa shape index (κ1) is 14.4. The molecular formula is C13H9Cl3N2S. The minimum Gasteiger partial charge on any atom is -0.332 e. The molecule has 0 radical (unpaired) electrons. The van der Waals surface area contributed by atoms with E-state index in [2.05, 4.69) is 10.6 Å². The number of halogens is 3. The summed E-state index contributed by atoms with van der Waals surface area (Å²) in [4.78, 5) is 0.